The van der Waals surface area contributed by atoms with Gasteiger partial charge in [0, 0.05) is 18.5 Å². The number of hydrogen-bond donors (Lipinski definition) is 1. The summed E-state index contributed by atoms with van der Waals surface area (Å²) >= 11 is 0. The first kappa shape index (κ1) is 15.6. The quantitative estimate of drug-likeness (QED) is 0.607. The lowest BCUT2D eigenvalue weighted by Gasteiger charge is -2.14. The highest BCUT2D eigenvalue weighted by Gasteiger charge is 2.17. The molecule has 0 amide bonds. The Hall–Kier alpha value is -2.92. The van der Waals surface area contributed by atoms with E-state index >= 15 is 0 Å². The van der Waals surface area contributed by atoms with Gasteiger partial charge in [0.15, 0.2) is 0 Å². The number of hydrogen-bond acceptors (Lipinski definition) is 4. The molecular formula is C20H19N3O2. The van der Waals surface area contributed by atoms with E-state index in [0.717, 1.165) is 27.7 Å². The number of fused-ring (bicyclic) bond motifs is 2. The van der Waals surface area contributed by atoms with Crippen LogP contribution in [0.2, 0.25) is 0 Å². The molecule has 126 valence electrons. The second-order valence-corrected chi connectivity index (χ2v) is 6.48. The van der Waals surface area contributed by atoms with Gasteiger partial charge in [-0.15, -0.1) is 0 Å². The summed E-state index contributed by atoms with van der Waals surface area (Å²) in [7, 11) is 1.74. The summed E-state index contributed by atoms with van der Waals surface area (Å²) in [5.74, 6) is 0.573. The van der Waals surface area contributed by atoms with Gasteiger partial charge in [-0.2, -0.15) is 0 Å². The van der Waals surface area contributed by atoms with Crippen molar-refractivity contribution in [1.82, 2.24) is 9.55 Å². The first-order chi connectivity index (χ1) is 12.0. The summed E-state index contributed by atoms with van der Waals surface area (Å²) in [4.78, 5) is 17.8. The van der Waals surface area contributed by atoms with Gasteiger partial charge in [0.25, 0.3) is 5.56 Å². The molecule has 4 aromatic rings. The number of aryl methyl sites for hydroxylation is 1. The largest absolute Gasteiger partial charge is 0.464 e. The van der Waals surface area contributed by atoms with E-state index < -0.39 is 0 Å². The molecule has 2 N–H and O–H groups in total. The van der Waals surface area contributed by atoms with Crippen molar-refractivity contribution in [2.24, 2.45) is 12.8 Å². The molecule has 0 bridgehead atoms. The lowest BCUT2D eigenvalue weighted by Crippen LogP contribution is -2.22. The zero-order chi connectivity index (χ0) is 17.7. The fourth-order valence-electron chi connectivity index (χ4n) is 3.31. The van der Waals surface area contributed by atoms with E-state index in [2.05, 4.69) is 0 Å². The van der Waals surface area contributed by atoms with Crippen LogP contribution in [0, 0.1) is 6.92 Å². The summed E-state index contributed by atoms with van der Waals surface area (Å²) in [6, 6.07) is 11.4. The number of furan rings is 1. The van der Waals surface area contributed by atoms with Gasteiger partial charge < -0.3 is 10.2 Å². The fourth-order valence-corrected chi connectivity index (χ4v) is 3.31. The highest BCUT2D eigenvalue weighted by molar-refractivity contribution is 5.92. The maximum atomic E-state index is 13.0. The van der Waals surface area contributed by atoms with Gasteiger partial charge in [-0.05, 0) is 43.2 Å². The zero-order valence-corrected chi connectivity index (χ0v) is 14.4. The van der Waals surface area contributed by atoms with Crippen molar-refractivity contribution in [3.8, 4) is 11.4 Å². The topological polar surface area (TPSA) is 74.0 Å². The van der Waals surface area contributed by atoms with Crippen molar-refractivity contribution < 1.29 is 4.42 Å². The van der Waals surface area contributed by atoms with Crippen LogP contribution in [0.3, 0.4) is 0 Å². The predicted molar refractivity (Wildman–Crippen MR) is 99.5 cm³/mol. The summed E-state index contributed by atoms with van der Waals surface area (Å²) in [6.07, 6.45) is 1.64. The summed E-state index contributed by atoms with van der Waals surface area (Å²) in [6.45, 7) is 3.86. The van der Waals surface area contributed by atoms with Crippen LogP contribution in [-0.4, -0.2) is 9.55 Å². The molecule has 5 heteroatoms. The van der Waals surface area contributed by atoms with Crippen LogP contribution in [0.5, 0.6) is 0 Å². The minimum absolute atomic E-state index is 0.0887. The first-order valence-corrected chi connectivity index (χ1v) is 8.21. The van der Waals surface area contributed by atoms with E-state index in [1.54, 1.807) is 17.9 Å². The van der Waals surface area contributed by atoms with Crippen molar-refractivity contribution in [1.29, 1.82) is 0 Å². The summed E-state index contributed by atoms with van der Waals surface area (Å²) in [5.41, 5.74) is 10.1. The van der Waals surface area contributed by atoms with E-state index in [9.17, 15) is 4.79 Å². The average molecular weight is 333 g/mol. The maximum Gasteiger partial charge on any atom is 0.261 e. The highest BCUT2D eigenvalue weighted by Crippen LogP contribution is 2.29. The molecule has 0 fully saturated rings. The van der Waals surface area contributed by atoms with Crippen LogP contribution in [0.25, 0.3) is 33.3 Å². The lowest BCUT2D eigenvalue weighted by molar-refractivity contribution is 0.616. The first-order valence-electron chi connectivity index (χ1n) is 8.21. The molecule has 2 aromatic heterocycles. The van der Waals surface area contributed by atoms with Gasteiger partial charge >= 0.3 is 0 Å². The van der Waals surface area contributed by atoms with E-state index in [-0.39, 0.29) is 11.6 Å². The van der Waals surface area contributed by atoms with Crippen molar-refractivity contribution in [3.63, 3.8) is 0 Å². The number of para-hydroxylation sites is 1. The Labute approximate surface area is 144 Å². The number of nitrogens with zero attached hydrogens (tertiary/aromatic N) is 2. The SMILES string of the molecule is Cc1cc(C(C)N)c2nc(-c3cccc4ccoc34)n(C)c(=O)c2c1. The van der Waals surface area contributed by atoms with Crippen LogP contribution in [0.4, 0.5) is 0 Å². The summed E-state index contributed by atoms with van der Waals surface area (Å²) in [5, 5.41) is 1.56. The molecule has 1 atom stereocenters. The van der Waals surface area contributed by atoms with Crippen LogP contribution in [0.15, 0.2) is 51.9 Å². The number of rotatable bonds is 2. The molecular weight excluding hydrogens is 314 g/mol. The predicted octanol–water partition coefficient (Wildman–Crippen LogP) is 3.67. The molecule has 1 unspecified atom stereocenters. The molecule has 2 heterocycles. The third-order valence-corrected chi connectivity index (χ3v) is 4.56. The van der Waals surface area contributed by atoms with Crippen LogP contribution >= 0.6 is 0 Å². The fraction of sp³-hybridized carbons (Fsp3) is 0.200. The smallest absolute Gasteiger partial charge is 0.261 e. The molecule has 0 radical (unpaired) electrons. The number of nitrogens with two attached hydrogens (primary N) is 1. The number of benzene rings is 2. The Morgan fingerprint density at radius 1 is 1.24 bits per heavy atom. The second-order valence-electron chi connectivity index (χ2n) is 6.48. The zero-order valence-electron chi connectivity index (χ0n) is 14.4. The van der Waals surface area contributed by atoms with Gasteiger partial charge in [-0.1, -0.05) is 18.2 Å². The van der Waals surface area contributed by atoms with Gasteiger partial charge in [0.2, 0.25) is 0 Å². The average Bonchev–Trinajstić information content (AvgIpc) is 3.06. The lowest BCUT2D eigenvalue weighted by atomic mass is 10.0. The Balaban J connectivity index is 2.14. The molecule has 0 aliphatic carbocycles. The maximum absolute atomic E-state index is 13.0. The van der Waals surface area contributed by atoms with Gasteiger partial charge in [-0.3, -0.25) is 9.36 Å². The molecule has 25 heavy (non-hydrogen) atoms. The molecule has 0 saturated heterocycles. The minimum atomic E-state index is -0.214. The van der Waals surface area contributed by atoms with Crippen molar-refractivity contribution in [3.05, 3.63) is 64.1 Å². The van der Waals surface area contributed by atoms with Crippen LogP contribution in [0.1, 0.15) is 24.1 Å². The summed E-state index contributed by atoms with van der Waals surface area (Å²) < 4.78 is 7.20. The van der Waals surface area contributed by atoms with Gasteiger partial charge in [0.1, 0.15) is 11.4 Å². The number of aromatic nitrogens is 2. The highest BCUT2D eigenvalue weighted by atomic mass is 16.3. The Bertz CT molecular complexity index is 1170. The van der Waals surface area contributed by atoms with Crippen molar-refractivity contribution in [2.75, 3.05) is 0 Å². The van der Waals surface area contributed by atoms with Crippen molar-refractivity contribution >= 4 is 21.9 Å². The van der Waals surface area contributed by atoms with Crippen molar-refractivity contribution in [2.45, 2.75) is 19.9 Å². The minimum Gasteiger partial charge on any atom is -0.464 e. The molecule has 0 spiro atoms. The normalized spacial score (nSPS) is 12.8. The van der Waals surface area contributed by atoms with Crippen LogP contribution < -0.4 is 11.3 Å². The van der Waals surface area contributed by atoms with E-state index in [0.29, 0.717) is 16.7 Å². The molecule has 0 aliphatic rings. The van der Waals surface area contributed by atoms with Gasteiger partial charge in [-0.25, -0.2) is 4.98 Å². The third-order valence-electron chi connectivity index (χ3n) is 4.56. The molecule has 5 nitrogen and oxygen atoms in total. The van der Waals surface area contributed by atoms with E-state index in [4.69, 9.17) is 15.1 Å². The Morgan fingerprint density at radius 2 is 2.04 bits per heavy atom. The van der Waals surface area contributed by atoms with Crippen LogP contribution in [-0.2, 0) is 7.05 Å². The van der Waals surface area contributed by atoms with E-state index in [1.807, 2.05) is 50.2 Å². The Kier molecular flexibility index (Phi) is 3.47. The van der Waals surface area contributed by atoms with Gasteiger partial charge in [0.05, 0.1) is 22.7 Å². The Morgan fingerprint density at radius 3 is 2.80 bits per heavy atom. The van der Waals surface area contributed by atoms with E-state index in [1.165, 1.54) is 0 Å². The molecule has 0 aliphatic heterocycles. The second kappa shape index (κ2) is 5.57. The standard InChI is InChI=1S/C20H19N3O2/c1-11-9-15(12(2)21)17-16(10-11)20(24)23(3)19(22-17)14-6-4-5-13-7-8-25-18(13)14/h4-10,12H,21H2,1-3H3. The molecule has 2 aromatic carbocycles. The monoisotopic (exact) mass is 333 g/mol. The molecule has 0 saturated carbocycles. The molecule has 4 rings (SSSR count). The third kappa shape index (κ3) is 2.36.